The number of hydrogen-bond donors (Lipinski definition) is 0. The smallest absolute Gasteiger partial charge is 0.336 e. The Labute approximate surface area is 332 Å². The molecule has 2 heterocycles. The first-order valence-electron chi connectivity index (χ1n) is 17.5. The van der Waals surface area contributed by atoms with Crippen LogP contribution in [0.1, 0.15) is 19.3 Å². The van der Waals surface area contributed by atoms with Gasteiger partial charge >= 0.3 is 70.0 Å². The van der Waals surface area contributed by atoms with Crippen molar-refractivity contribution in [2.45, 2.75) is 58.5 Å². The highest BCUT2D eigenvalue weighted by molar-refractivity contribution is 5.82. The zero-order valence-corrected chi connectivity index (χ0v) is 31.8. The van der Waals surface area contributed by atoms with Crippen LogP contribution in [0.3, 0.4) is 0 Å². The highest BCUT2D eigenvalue weighted by Gasteiger charge is 2.19. The van der Waals surface area contributed by atoms with E-state index in [9.17, 15) is 57.5 Å². The number of carbonyl (C=O) groups excluding carboxylic acids is 6. The van der Waals surface area contributed by atoms with Gasteiger partial charge in [0, 0.05) is 37.1 Å². The maximum atomic E-state index is 13.0. The first-order valence-corrected chi connectivity index (χ1v) is 17.5. The average molecular weight is 835 g/mol. The molecule has 0 atom stereocenters. The summed E-state index contributed by atoms with van der Waals surface area (Å²) in [6.45, 7) is 7.16. The minimum atomic E-state index is -1.12. The molecule has 2 aromatic heterocycles. The predicted molar refractivity (Wildman–Crippen MR) is 199 cm³/mol. The lowest BCUT2D eigenvalue weighted by Gasteiger charge is -2.14. The zero-order chi connectivity index (χ0) is 44.1. The third-order valence-electron chi connectivity index (χ3n) is 7.59. The van der Waals surface area contributed by atoms with Gasteiger partial charge in [-0.25, -0.2) is 75.3 Å². The topological polar surface area (TPSA) is 290 Å². The van der Waals surface area contributed by atoms with Gasteiger partial charge < -0.3 is 28.4 Å². The number of hydrogen-bond acceptors (Lipinski definition) is 18. The first-order chi connectivity index (χ1) is 28.1. The zero-order valence-electron chi connectivity index (χ0n) is 31.8. The molecule has 59 heavy (non-hydrogen) atoms. The summed E-state index contributed by atoms with van der Waals surface area (Å²) in [5.41, 5.74) is -6.64. The summed E-state index contributed by atoms with van der Waals surface area (Å²) >= 11 is 0. The van der Waals surface area contributed by atoms with Crippen LogP contribution in [0.15, 0.2) is 79.4 Å². The Morgan fingerprint density at radius 3 is 0.729 bits per heavy atom. The SMILES string of the molecule is C=CC(=O)OCCn1c(=O)n(CCOC(=O)C=C)c(=O)n(CCOC(=O)CCCC(=O)OCCn2c(=O)n(CCOC(=O)C=C)c(=O)n(CCOC(=O)C=C)c2=O)c1=O. The van der Waals surface area contributed by atoms with Crippen LogP contribution in [-0.4, -0.2) is 103 Å². The molecule has 0 unspecified atom stereocenters. The van der Waals surface area contributed by atoms with Crippen LogP contribution in [0.25, 0.3) is 0 Å². The lowest BCUT2D eigenvalue weighted by atomic mass is 10.2. The van der Waals surface area contributed by atoms with Crippen molar-refractivity contribution in [1.29, 1.82) is 0 Å². The van der Waals surface area contributed by atoms with Crippen molar-refractivity contribution >= 4 is 35.8 Å². The van der Waals surface area contributed by atoms with E-state index < -0.39 is 149 Å². The Morgan fingerprint density at radius 2 is 0.542 bits per heavy atom. The lowest BCUT2D eigenvalue weighted by Crippen LogP contribution is -2.55. The van der Waals surface area contributed by atoms with Gasteiger partial charge in [0.2, 0.25) is 0 Å². The fourth-order valence-electron chi connectivity index (χ4n) is 4.72. The third kappa shape index (κ3) is 14.6. The Kier molecular flexibility index (Phi) is 19.7. The van der Waals surface area contributed by atoms with Crippen LogP contribution < -0.4 is 34.1 Å². The summed E-state index contributed by atoms with van der Waals surface area (Å²) in [6.07, 6.45) is 2.66. The molecule has 0 fully saturated rings. The van der Waals surface area contributed by atoms with Crippen LogP contribution >= 0.6 is 0 Å². The molecular formula is C35H42N6O18. The van der Waals surface area contributed by atoms with Crippen molar-refractivity contribution in [2.24, 2.45) is 0 Å². The Morgan fingerprint density at radius 1 is 0.356 bits per heavy atom. The largest absolute Gasteiger partial charge is 0.464 e. The Balaban J connectivity index is 2.04. The molecule has 0 bridgehead atoms. The second-order valence-electron chi connectivity index (χ2n) is 11.4. The first kappa shape index (κ1) is 47.8. The summed E-state index contributed by atoms with van der Waals surface area (Å²) in [6, 6.07) is 0. The monoisotopic (exact) mass is 834 g/mol. The summed E-state index contributed by atoms with van der Waals surface area (Å²) < 4.78 is 32.9. The summed E-state index contributed by atoms with van der Waals surface area (Å²) in [5.74, 6) is -5.04. The minimum Gasteiger partial charge on any atom is -0.464 e. The molecule has 0 N–H and O–H groups in total. The third-order valence-corrected chi connectivity index (χ3v) is 7.59. The normalized spacial score (nSPS) is 10.4. The number of rotatable bonds is 26. The van der Waals surface area contributed by atoms with Gasteiger partial charge in [0.15, 0.2) is 0 Å². The molecule has 320 valence electrons. The van der Waals surface area contributed by atoms with Gasteiger partial charge in [0.1, 0.15) is 39.6 Å². The fourth-order valence-corrected chi connectivity index (χ4v) is 4.72. The molecule has 0 spiro atoms. The second kappa shape index (κ2) is 24.3. The molecule has 0 saturated carbocycles. The van der Waals surface area contributed by atoms with Crippen molar-refractivity contribution in [3.63, 3.8) is 0 Å². The van der Waals surface area contributed by atoms with Crippen LogP contribution in [0, 0.1) is 0 Å². The Hall–Kier alpha value is -7.40. The fraction of sp³-hybridized carbons (Fsp3) is 0.429. The molecule has 24 nitrogen and oxygen atoms in total. The summed E-state index contributed by atoms with van der Waals surface area (Å²) in [7, 11) is 0. The van der Waals surface area contributed by atoms with Crippen molar-refractivity contribution in [1.82, 2.24) is 27.4 Å². The molecule has 0 amide bonds. The molecule has 24 heteroatoms. The van der Waals surface area contributed by atoms with Gasteiger partial charge in [-0.3, -0.25) is 9.59 Å². The lowest BCUT2D eigenvalue weighted by molar-refractivity contribution is -0.146. The average Bonchev–Trinajstić information content (AvgIpc) is 3.21. The van der Waals surface area contributed by atoms with E-state index in [1.807, 2.05) is 0 Å². The standard InChI is InChI=1S/C35H42N6O18/c1-5-24(42)54-18-12-36-30(48)37(13-19-55-25(43)6-2)33(51)40(32(36)50)16-22-58-28(46)10-9-11-29(47)59-23-17-41-34(52)38(14-20-56-26(44)7-3)31(49)39(35(41)53)15-21-57-27(45)8-4/h5-8H,1-4,9-23H2. The van der Waals surface area contributed by atoms with E-state index in [4.69, 9.17) is 28.4 Å². The van der Waals surface area contributed by atoms with Gasteiger partial charge in [0.05, 0.1) is 39.3 Å². The van der Waals surface area contributed by atoms with Crippen LogP contribution in [-0.2, 0) is 96.5 Å². The summed E-state index contributed by atoms with van der Waals surface area (Å²) in [5, 5.41) is 0. The number of esters is 6. The van der Waals surface area contributed by atoms with Crippen molar-refractivity contribution in [3.8, 4) is 0 Å². The highest BCUT2D eigenvalue weighted by atomic mass is 16.6. The van der Waals surface area contributed by atoms with Crippen molar-refractivity contribution in [2.75, 3.05) is 39.6 Å². The van der Waals surface area contributed by atoms with E-state index in [0.717, 1.165) is 24.3 Å². The number of nitrogens with zero attached hydrogens (tertiary/aromatic N) is 6. The van der Waals surface area contributed by atoms with E-state index in [1.165, 1.54) is 0 Å². The van der Waals surface area contributed by atoms with Crippen LogP contribution in [0.4, 0.5) is 0 Å². The quantitative estimate of drug-likeness (QED) is 0.0505. The van der Waals surface area contributed by atoms with E-state index in [0.29, 0.717) is 27.4 Å². The summed E-state index contributed by atoms with van der Waals surface area (Å²) in [4.78, 5) is 148. The molecule has 0 aliphatic rings. The number of carbonyl (C=O) groups is 6. The van der Waals surface area contributed by atoms with E-state index >= 15 is 0 Å². The molecule has 2 aromatic rings. The predicted octanol–water partition coefficient (Wildman–Crippen LogP) is -3.47. The molecule has 2 rings (SSSR count). The minimum absolute atomic E-state index is 0.105. The molecular weight excluding hydrogens is 792 g/mol. The number of ether oxygens (including phenoxy) is 6. The number of aromatic nitrogens is 6. The van der Waals surface area contributed by atoms with Crippen LogP contribution in [0.5, 0.6) is 0 Å². The molecule has 0 aliphatic carbocycles. The van der Waals surface area contributed by atoms with Gasteiger partial charge in [0.25, 0.3) is 0 Å². The van der Waals surface area contributed by atoms with Gasteiger partial charge in [-0.1, -0.05) is 26.3 Å². The molecule has 0 radical (unpaired) electrons. The molecule has 0 aromatic carbocycles. The van der Waals surface area contributed by atoms with Crippen molar-refractivity contribution in [3.05, 3.63) is 114 Å². The van der Waals surface area contributed by atoms with Gasteiger partial charge in [-0.05, 0) is 6.42 Å². The maximum absolute atomic E-state index is 13.0. The van der Waals surface area contributed by atoms with E-state index in [2.05, 4.69) is 26.3 Å². The Bertz CT molecular complexity index is 2020. The van der Waals surface area contributed by atoms with Crippen molar-refractivity contribution < 1.29 is 57.2 Å². The molecule has 0 saturated heterocycles. The second-order valence-corrected chi connectivity index (χ2v) is 11.4. The van der Waals surface area contributed by atoms with Gasteiger partial charge in [-0.2, -0.15) is 0 Å². The maximum Gasteiger partial charge on any atom is 0.336 e. The van der Waals surface area contributed by atoms with E-state index in [-0.39, 0.29) is 19.3 Å². The molecule has 0 aliphatic heterocycles. The van der Waals surface area contributed by atoms with Gasteiger partial charge in [-0.15, -0.1) is 0 Å². The van der Waals surface area contributed by atoms with E-state index in [1.54, 1.807) is 0 Å². The van der Waals surface area contributed by atoms with Crippen LogP contribution in [0.2, 0.25) is 0 Å². The highest BCUT2D eigenvalue weighted by Crippen LogP contribution is 2.00.